The second-order valence-electron chi connectivity index (χ2n) is 10.3. The van der Waals surface area contributed by atoms with Crippen molar-refractivity contribution in [3.63, 3.8) is 0 Å². The molecule has 1 aliphatic carbocycles. The van der Waals surface area contributed by atoms with Crippen molar-refractivity contribution in [1.82, 2.24) is 0 Å². The number of amides is 1. The Hall–Kier alpha value is -4.26. The molecule has 40 heavy (non-hydrogen) atoms. The lowest BCUT2D eigenvalue weighted by Gasteiger charge is -2.35. The molecule has 0 aromatic heterocycles. The van der Waals surface area contributed by atoms with Gasteiger partial charge in [-0.2, -0.15) is 0 Å². The maximum absolute atomic E-state index is 14.2. The highest BCUT2D eigenvalue weighted by molar-refractivity contribution is 6.06. The van der Waals surface area contributed by atoms with Gasteiger partial charge in [-0.25, -0.2) is 0 Å². The van der Waals surface area contributed by atoms with Crippen LogP contribution in [-0.2, 0) is 9.59 Å². The molecule has 7 nitrogen and oxygen atoms in total. The second-order valence-corrected chi connectivity index (χ2v) is 10.3. The molecule has 1 aliphatic heterocycles. The summed E-state index contributed by atoms with van der Waals surface area (Å²) in [5, 5.41) is 3.57. The second kappa shape index (κ2) is 11.5. The Bertz CT molecular complexity index is 1460. The smallest absolute Gasteiger partial charge is 0.224 e. The van der Waals surface area contributed by atoms with E-state index in [1.807, 2.05) is 73.7 Å². The normalized spacial score (nSPS) is 19.1. The minimum atomic E-state index is -0.636. The molecule has 2 aliphatic rings. The Kier molecular flexibility index (Phi) is 7.83. The van der Waals surface area contributed by atoms with E-state index >= 15 is 0 Å². The highest BCUT2D eigenvalue weighted by Crippen LogP contribution is 2.49. The van der Waals surface area contributed by atoms with Gasteiger partial charge in [0.25, 0.3) is 0 Å². The largest absolute Gasteiger partial charge is 0.493 e. The highest BCUT2D eigenvalue weighted by atomic mass is 16.5. The molecule has 3 atom stereocenters. The molecule has 0 unspecified atom stereocenters. The van der Waals surface area contributed by atoms with Crippen molar-refractivity contribution in [2.75, 3.05) is 24.4 Å². The Balaban J connectivity index is 1.68. The number of benzene rings is 3. The first-order valence-corrected chi connectivity index (χ1v) is 13.8. The van der Waals surface area contributed by atoms with Crippen molar-refractivity contribution >= 4 is 23.1 Å². The van der Waals surface area contributed by atoms with Gasteiger partial charge in [-0.05, 0) is 61.6 Å². The van der Waals surface area contributed by atoms with Crippen molar-refractivity contribution in [3.8, 4) is 17.2 Å². The average Bonchev–Trinajstić information content (AvgIpc) is 3.11. The fraction of sp³-hybridized carbons (Fsp3) is 0.333. The van der Waals surface area contributed by atoms with Crippen LogP contribution in [0.5, 0.6) is 17.2 Å². The van der Waals surface area contributed by atoms with Crippen LogP contribution in [-0.4, -0.2) is 32.0 Å². The number of carbonyl (C=O) groups is 2. The van der Waals surface area contributed by atoms with Gasteiger partial charge in [-0.3, -0.25) is 14.5 Å². The van der Waals surface area contributed by atoms with Crippen LogP contribution in [0, 0.1) is 0 Å². The van der Waals surface area contributed by atoms with Gasteiger partial charge in [0.05, 0.1) is 37.7 Å². The summed E-state index contributed by atoms with van der Waals surface area (Å²) in [6.45, 7) is 5.64. The molecule has 1 N–H and O–H groups in total. The fourth-order valence-electron chi connectivity index (χ4n) is 5.69. The maximum Gasteiger partial charge on any atom is 0.224 e. The zero-order chi connectivity index (χ0) is 28.4. The Labute approximate surface area is 235 Å². The van der Waals surface area contributed by atoms with E-state index in [0.29, 0.717) is 35.7 Å². The predicted molar refractivity (Wildman–Crippen MR) is 156 cm³/mol. The van der Waals surface area contributed by atoms with Crippen molar-refractivity contribution in [1.29, 1.82) is 0 Å². The molecule has 1 amide bonds. The molecule has 0 radical (unpaired) electrons. The first-order chi connectivity index (χ1) is 19.4. The van der Waals surface area contributed by atoms with E-state index in [-0.39, 0.29) is 23.7 Å². The zero-order valence-electron chi connectivity index (χ0n) is 23.7. The SMILES string of the molecule is CC[C@H](C)Oc1ccccc1[C@@H]1C2=C(C[C@@H](c3ccc(OC)c(OC)c3)CC2=O)Nc2ccccc2N1C(C)=O. The molecule has 1 heterocycles. The molecule has 0 bridgehead atoms. The average molecular weight is 541 g/mol. The number of Topliss-reactive ketones (excluding diaryl/α,β-unsaturated/α-hetero) is 1. The molecular weight excluding hydrogens is 504 g/mol. The van der Waals surface area contributed by atoms with Gasteiger partial charge in [0.1, 0.15) is 5.75 Å². The first-order valence-electron chi connectivity index (χ1n) is 13.8. The minimum Gasteiger partial charge on any atom is -0.493 e. The van der Waals surface area contributed by atoms with E-state index in [2.05, 4.69) is 12.2 Å². The molecule has 208 valence electrons. The van der Waals surface area contributed by atoms with Gasteiger partial charge < -0.3 is 19.5 Å². The van der Waals surface area contributed by atoms with Crippen LogP contribution < -0.4 is 24.4 Å². The van der Waals surface area contributed by atoms with E-state index in [4.69, 9.17) is 14.2 Å². The Morgan fingerprint density at radius 2 is 1.70 bits per heavy atom. The summed E-state index contributed by atoms with van der Waals surface area (Å²) in [5.41, 5.74) is 4.72. The first kappa shape index (κ1) is 27.3. The van der Waals surface area contributed by atoms with Gasteiger partial charge in [0.15, 0.2) is 17.3 Å². The number of para-hydroxylation sites is 3. The van der Waals surface area contributed by atoms with Gasteiger partial charge in [0.2, 0.25) is 5.91 Å². The monoisotopic (exact) mass is 540 g/mol. The lowest BCUT2D eigenvalue weighted by atomic mass is 9.78. The number of allylic oxidation sites excluding steroid dienone is 1. The number of nitrogens with zero attached hydrogens (tertiary/aromatic N) is 1. The number of ketones is 1. The number of nitrogens with one attached hydrogen (secondary N) is 1. The summed E-state index contributed by atoms with van der Waals surface area (Å²) in [7, 11) is 3.22. The quantitative estimate of drug-likeness (QED) is 0.355. The molecule has 5 rings (SSSR count). The van der Waals surface area contributed by atoms with Crippen LogP contribution in [0.4, 0.5) is 11.4 Å². The Morgan fingerprint density at radius 1 is 0.975 bits per heavy atom. The third kappa shape index (κ3) is 5.04. The van der Waals surface area contributed by atoms with Crippen LogP contribution in [0.1, 0.15) is 63.1 Å². The molecule has 7 heteroatoms. The topological polar surface area (TPSA) is 77.1 Å². The summed E-state index contributed by atoms with van der Waals surface area (Å²) >= 11 is 0. The van der Waals surface area contributed by atoms with E-state index in [9.17, 15) is 9.59 Å². The summed E-state index contributed by atoms with van der Waals surface area (Å²) < 4.78 is 17.3. The molecule has 3 aromatic carbocycles. The van der Waals surface area contributed by atoms with Gasteiger partial charge in [-0.1, -0.05) is 43.3 Å². The van der Waals surface area contributed by atoms with Crippen molar-refractivity contribution in [3.05, 3.63) is 89.1 Å². The predicted octanol–water partition coefficient (Wildman–Crippen LogP) is 6.80. The minimum absolute atomic E-state index is 0.00376. The highest BCUT2D eigenvalue weighted by Gasteiger charge is 2.42. The number of fused-ring (bicyclic) bond motifs is 1. The zero-order valence-corrected chi connectivity index (χ0v) is 23.7. The number of carbonyl (C=O) groups excluding carboxylic acids is 2. The van der Waals surface area contributed by atoms with Gasteiger partial charge in [0, 0.05) is 30.2 Å². The maximum atomic E-state index is 14.2. The van der Waals surface area contributed by atoms with Crippen molar-refractivity contribution < 1.29 is 23.8 Å². The standard InChI is InChI=1S/C33H36N2O5/c1-6-20(2)40-29-14-10-7-11-24(29)33-32-26(34-25-12-8-9-13-27(25)35(33)21(3)36)17-23(18-28(32)37)22-15-16-30(38-4)31(19-22)39-5/h7-16,19-20,23,33-34H,6,17-18H2,1-5H3/t20-,23+,33+/m0/s1. The molecule has 0 saturated heterocycles. The van der Waals surface area contributed by atoms with Crippen LogP contribution in [0.3, 0.4) is 0 Å². The number of ether oxygens (including phenoxy) is 3. The number of methoxy groups -OCH3 is 2. The third-order valence-corrected chi connectivity index (χ3v) is 7.82. The van der Waals surface area contributed by atoms with E-state index in [1.54, 1.807) is 26.0 Å². The summed E-state index contributed by atoms with van der Waals surface area (Å²) in [6.07, 6.45) is 1.72. The van der Waals surface area contributed by atoms with Gasteiger partial charge in [-0.15, -0.1) is 0 Å². The number of hydrogen-bond acceptors (Lipinski definition) is 6. The lowest BCUT2D eigenvalue weighted by Crippen LogP contribution is -2.37. The van der Waals surface area contributed by atoms with E-state index in [0.717, 1.165) is 34.6 Å². The van der Waals surface area contributed by atoms with Crippen LogP contribution in [0.2, 0.25) is 0 Å². The fourth-order valence-corrected chi connectivity index (χ4v) is 5.69. The van der Waals surface area contributed by atoms with Crippen LogP contribution in [0.15, 0.2) is 78.0 Å². The van der Waals surface area contributed by atoms with Crippen LogP contribution in [0.25, 0.3) is 0 Å². The summed E-state index contributed by atoms with van der Waals surface area (Å²) in [6, 6.07) is 20.6. The van der Waals surface area contributed by atoms with Gasteiger partial charge >= 0.3 is 0 Å². The van der Waals surface area contributed by atoms with E-state index in [1.165, 1.54) is 0 Å². The van der Waals surface area contributed by atoms with Crippen molar-refractivity contribution in [2.24, 2.45) is 0 Å². The molecular formula is C33H36N2O5. The van der Waals surface area contributed by atoms with Crippen LogP contribution >= 0.6 is 0 Å². The number of hydrogen-bond donors (Lipinski definition) is 1. The number of anilines is 2. The van der Waals surface area contributed by atoms with E-state index < -0.39 is 6.04 Å². The molecule has 0 spiro atoms. The third-order valence-electron chi connectivity index (χ3n) is 7.82. The summed E-state index contributed by atoms with van der Waals surface area (Å²) in [5.74, 6) is 1.72. The molecule has 0 saturated carbocycles. The Morgan fingerprint density at radius 3 is 2.42 bits per heavy atom. The molecule has 3 aromatic rings. The molecule has 0 fully saturated rings. The van der Waals surface area contributed by atoms with Crippen molar-refractivity contribution in [2.45, 2.75) is 58.1 Å². The lowest BCUT2D eigenvalue weighted by molar-refractivity contribution is -0.117. The number of rotatable bonds is 7. The summed E-state index contributed by atoms with van der Waals surface area (Å²) in [4.78, 5) is 29.3.